The fourth-order valence-electron chi connectivity index (χ4n) is 1.99. The third-order valence-electron chi connectivity index (χ3n) is 3.59. The van der Waals surface area contributed by atoms with E-state index >= 15 is 0 Å². The van der Waals surface area contributed by atoms with E-state index in [0.29, 0.717) is 19.2 Å². The molecule has 0 radical (unpaired) electrons. The fraction of sp³-hybridized carbons (Fsp3) is 0.833. The van der Waals surface area contributed by atoms with Crippen LogP contribution in [-0.2, 0) is 10.3 Å². The summed E-state index contributed by atoms with van der Waals surface area (Å²) in [6.45, 7) is 6.59. The smallest absolute Gasteiger partial charge is 0.367 e. The van der Waals surface area contributed by atoms with Crippen molar-refractivity contribution in [3.8, 4) is 0 Å². The second-order valence-electron chi connectivity index (χ2n) is 5.61. The van der Waals surface area contributed by atoms with Gasteiger partial charge in [-0.2, -0.15) is 18.2 Å². The number of ether oxygens (including phenoxy) is 1. The first-order valence-corrected chi connectivity index (χ1v) is 6.68. The normalized spacial score (nSPS) is 24.3. The minimum atomic E-state index is -4.67. The van der Waals surface area contributed by atoms with Crippen LogP contribution in [0.5, 0.6) is 0 Å². The first-order valence-electron chi connectivity index (χ1n) is 6.68. The molecule has 0 aromatic carbocycles. The Hall–Kier alpha value is -1.19. The summed E-state index contributed by atoms with van der Waals surface area (Å²) < 4.78 is 48.7. The van der Waals surface area contributed by atoms with Gasteiger partial charge >= 0.3 is 6.18 Å². The molecule has 6 nitrogen and oxygen atoms in total. The van der Waals surface area contributed by atoms with Crippen molar-refractivity contribution in [3.63, 3.8) is 0 Å². The van der Waals surface area contributed by atoms with E-state index in [1.807, 2.05) is 13.8 Å². The van der Waals surface area contributed by atoms with Gasteiger partial charge in [0.25, 0.3) is 5.89 Å². The van der Waals surface area contributed by atoms with Gasteiger partial charge in [-0.15, -0.1) is 0 Å². The van der Waals surface area contributed by atoms with Crippen molar-refractivity contribution in [3.05, 3.63) is 11.7 Å². The maximum Gasteiger partial charge on any atom is 0.415 e. The van der Waals surface area contributed by atoms with Crippen LogP contribution in [0, 0.1) is 0 Å². The number of halogens is 3. The van der Waals surface area contributed by atoms with Gasteiger partial charge in [0.15, 0.2) is 5.54 Å². The molecule has 2 atom stereocenters. The third kappa shape index (κ3) is 3.19. The molecule has 1 fully saturated rings. The van der Waals surface area contributed by atoms with Gasteiger partial charge < -0.3 is 15.0 Å². The highest BCUT2D eigenvalue weighted by Gasteiger charge is 2.54. The molecule has 2 heterocycles. The van der Waals surface area contributed by atoms with Crippen LogP contribution in [-0.4, -0.2) is 47.0 Å². The number of nitrogens with zero attached hydrogens (tertiary/aromatic N) is 3. The largest absolute Gasteiger partial charge is 0.415 e. The molecule has 1 aliphatic rings. The lowest BCUT2D eigenvalue weighted by atomic mass is 10.0. The second-order valence-corrected chi connectivity index (χ2v) is 5.61. The standard InChI is InChI=1S/C12H19F3N4O2/c1-7(2)19-4-5-20-8(6-19)9-17-10(21-18-9)11(3,16)12(13,14)15/h7-8H,4-6,16H2,1-3H3. The van der Waals surface area contributed by atoms with Gasteiger partial charge in [-0.25, -0.2) is 0 Å². The molecule has 2 rings (SSSR count). The second kappa shape index (κ2) is 5.54. The minimum Gasteiger partial charge on any atom is -0.367 e. The summed E-state index contributed by atoms with van der Waals surface area (Å²) in [7, 11) is 0. The van der Waals surface area contributed by atoms with Crippen LogP contribution in [0.3, 0.4) is 0 Å². The summed E-state index contributed by atoms with van der Waals surface area (Å²) >= 11 is 0. The Balaban J connectivity index is 2.17. The molecule has 2 N–H and O–H groups in total. The zero-order valence-corrected chi connectivity index (χ0v) is 12.1. The van der Waals surface area contributed by atoms with Crippen LogP contribution in [0.25, 0.3) is 0 Å². The van der Waals surface area contributed by atoms with Crippen LogP contribution in [0.2, 0.25) is 0 Å². The van der Waals surface area contributed by atoms with Gasteiger partial charge in [0.1, 0.15) is 6.10 Å². The molecule has 1 aliphatic heterocycles. The number of rotatable bonds is 3. The molecule has 21 heavy (non-hydrogen) atoms. The summed E-state index contributed by atoms with van der Waals surface area (Å²) in [5.74, 6) is -0.563. The van der Waals surface area contributed by atoms with Gasteiger partial charge in [-0.1, -0.05) is 5.16 Å². The highest BCUT2D eigenvalue weighted by molar-refractivity contribution is 5.06. The van der Waals surface area contributed by atoms with Gasteiger partial charge in [0, 0.05) is 19.1 Å². The topological polar surface area (TPSA) is 77.4 Å². The van der Waals surface area contributed by atoms with Gasteiger partial charge in [-0.3, -0.25) is 4.90 Å². The highest BCUT2D eigenvalue weighted by atomic mass is 19.4. The molecule has 2 unspecified atom stereocenters. The van der Waals surface area contributed by atoms with E-state index in [9.17, 15) is 13.2 Å². The van der Waals surface area contributed by atoms with Crippen molar-refractivity contribution < 1.29 is 22.4 Å². The van der Waals surface area contributed by atoms with Crippen molar-refractivity contribution in [2.45, 2.75) is 44.6 Å². The molecular weight excluding hydrogens is 289 g/mol. The molecule has 0 saturated carbocycles. The van der Waals surface area contributed by atoms with Crippen molar-refractivity contribution in [2.24, 2.45) is 5.73 Å². The van der Waals surface area contributed by atoms with E-state index < -0.39 is 23.7 Å². The zero-order valence-electron chi connectivity index (χ0n) is 12.1. The first-order chi connectivity index (χ1) is 9.63. The Morgan fingerprint density at radius 3 is 2.62 bits per heavy atom. The molecule has 0 amide bonds. The van der Waals surface area contributed by atoms with Gasteiger partial charge in [0.05, 0.1) is 6.61 Å². The number of nitrogens with two attached hydrogens (primary N) is 1. The average molecular weight is 308 g/mol. The monoisotopic (exact) mass is 308 g/mol. The van der Waals surface area contributed by atoms with Crippen LogP contribution in [0.4, 0.5) is 13.2 Å². The molecule has 120 valence electrons. The molecule has 0 aliphatic carbocycles. The molecule has 0 bridgehead atoms. The molecule has 0 spiro atoms. The Kier molecular flexibility index (Phi) is 4.27. The quantitative estimate of drug-likeness (QED) is 0.913. The fourth-order valence-corrected chi connectivity index (χ4v) is 1.99. The SMILES string of the molecule is CC(C)N1CCOC(c2noc(C(C)(N)C(F)(F)F)n2)C1. The summed E-state index contributed by atoms with van der Waals surface area (Å²) in [6, 6.07) is 0.303. The van der Waals surface area contributed by atoms with E-state index in [1.54, 1.807) is 0 Å². The van der Waals surface area contributed by atoms with Crippen molar-refractivity contribution in [1.82, 2.24) is 15.0 Å². The molecule has 1 aromatic rings. The van der Waals surface area contributed by atoms with Gasteiger partial charge in [0.2, 0.25) is 5.82 Å². The molecule has 1 aromatic heterocycles. The third-order valence-corrected chi connectivity index (χ3v) is 3.59. The lowest BCUT2D eigenvalue weighted by Crippen LogP contribution is -2.48. The van der Waals surface area contributed by atoms with Crippen molar-refractivity contribution in [2.75, 3.05) is 19.7 Å². The van der Waals surface area contributed by atoms with E-state index in [2.05, 4.69) is 15.0 Å². The Bertz CT molecular complexity index is 487. The molecule has 9 heteroatoms. The number of hydrogen-bond donors (Lipinski definition) is 1. The number of alkyl halides is 3. The average Bonchev–Trinajstić information content (AvgIpc) is 2.87. The van der Waals surface area contributed by atoms with Crippen molar-refractivity contribution in [1.29, 1.82) is 0 Å². The summed E-state index contributed by atoms with van der Waals surface area (Å²) in [4.78, 5) is 5.93. The number of hydrogen-bond acceptors (Lipinski definition) is 6. The van der Waals surface area contributed by atoms with Crippen LogP contribution < -0.4 is 5.73 Å². The maximum absolute atomic E-state index is 12.8. The number of aromatic nitrogens is 2. The zero-order chi connectivity index (χ0) is 15.8. The maximum atomic E-state index is 12.8. The minimum absolute atomic E-state index is 0.0938. The van der Waals surface area contributed by atoms with E-state index in [4.69, 9.17) is 15.0 Å². The highest BCUT2D eigenvalue weighted by Crippen LogP contribution is 2.36. The van der Waals surface area contributed by atoms with E-state index in [-0.39, 0.29) is 5.82 Å². The predicted octanol–water partition coefficient (Wildman–Crippen LogP) is 1.59. The Morgan fingerprint density at radius 2 is 2.05 bits per heavy atom. The number of morpholine rings is 1. The molecule has 1 saturated heterocycles. The van der Waals surface area contributed by atoms with E-state index in [0.717, 1.165) is 13.5 Å². The van der Waals surface area contributed by atoms with Crippen LogP contribution in [0.15, 0.2) is 4.52 Å². The Labute approximate surface area is 120 Å². The lowest BCUT2D eigenvalue weighted by Gasteiger charge is -2.34. The van der Waals surface area contributed by atoms with Crippen molar-refractivity contribution >= 4 is 0 Å². The lowest BCUT2D eigenvalue weighted by molar-refractivity contribution is -0.190. The summed E-state index contributed by atoms with van der Waals surface area (Å²) in [5.41, 5.74) is 2.59. The summed E-state index contributed by atoms with van der Waals surface area (Å²) in [6.07, 6.45) is -5.18. The molecular formula is C12H19F3N4O2. The predicted molar refractivity (Wildman–Crippen MR) is 67.3 cm³/mol. The Morgan fingerprint density at radius 1 is 1.38 bits per heavy atom. The first kappa shape index (κ1) is 16.2. The van der Waals surface area contributed by atoms with Gasteiger partial charge in [-0.05, 0) is 20.8 Å². The van der Waals surface area contributed by atoms with Crippen LogP contribution >= 0.6 is 0 Å². The summed E-state index contributed by atoms with van der Waals surface area (Å²) in [5, 5.41) is 3.60. The van der Waals surface area contributed by atoms with Crippen LogP contribution in [0.1, 0.15) is 38.6 Å². The van der Waals surface area contributed by atoms with E-state index in [1.165, 1.54) is 0 Å².